The Hall–Kier alpha value is 0.240. The van der Waals surface area contributed by atoms with Crippen molar-refractivity contribution in [2.24, 2.45) is 0 Å². The van der Waals surface area contributed by atoms with Gasteiger partial charge in [-0.15, -0.1) is 12.6 Å². The van der Waals surface area contributed by atoms with Gasteiger partial charge < -0.3 is 4.90 Å². The highest BCUT2D eigenvalue weighted by Crippen LogP contribution is 1.84. The first-order chi connectivity index (χ1) is 5.07. The van der Waals surface area contributed by atoms with Crippen LogP contribution in [0.25, 0.3) is 0 Å². The van der Waals surface area contributed by atoms with Gasteiger partial charge in [0.25, 0.3) is 0 Å². The molecule has 0 heterocycles. The Kier molecular flexibility index (Phi) is 0.547. The number of rotatable bonds is 0. The highest BCUT2D eigenvalue weighted by atomic mass is 32.1. The molecule has 3 heteroatoms. The molecule has 6 heavy (non-hydrogen) atoms. The second kappa shape index (κ2) is 2.42. The minimum Gasteiger partial charge on any atom is -0.364 e. The van der Waals surface area contributed by atoms with Crippen LogP contribution in [0.2, 0.25) is 0 Å². The lowest BCUT2D eigenvalue weighted by atomic mass is 11.0. The van der Waals surface area contributed by atoms with E-state index in [4.69, 9.17) is 8.22 Å². The minimum absolute atomic E-state index is 0.137. The smallest absolute Gasteiger partial charge is 0.132 e. The molecule has 0 saturated carbocycles. The summed E-state index contributed by atoms with van der Waals surface area (Å²) < 4.78 is 40.6. The molecule has 0 aliphatic carbocycles. The largest absolute Gasteiger partial charge is 0.364 e. The van der Waals surface area contributed by atoms with E-state index in [1.807, 2.05) is 0 Å². The Bertz CT molecular complexity index is 168. The van der Waals surface area contributed by atoms with Crippen molar-refractivity contribution in [1.29, 1.82) is 0 Å². The highest BCUT2D eigenvalue weighted by Gasteiger charge is 1.83. The number of hydrogen-bond donors (Lipinski definition) is 1. The molecule has 0 amide bonds. The minimum atomic E-state index is -2.77. The third kappa shape index (κ3) is 2.48. The van der Waals surface area contributed by atoms with Crippen molar-refractivity contribution >= 4 is 29.2 Å². The molecule has 0 aromatic heterocycles. The lowest BCUT2D eigenvalue weighted by Crippen LogP contribution is -2.12. The van der Waals surface area contributed by atoms with Crippen molar-refractivity contribution < 1.29 is 8.22 Å². The predicted molar refractivity (Wildman–Crippen MR) is 35.3 cm³/mol. The fourth-order valence-corrected chi connectivity index (χ4v) is 0. The molecule has 0 saturated heterocycles. The van der Waals surface area contributed by atoms with Gasteiger partial charge >= 0.3 is 0 Å². The molecule has 0 atom stereocenters. The third-order valence-corrected chi connectivity index (χ3v) is 0.574. The average molecular weight is 127 g/mol. The van der Waals surface area contributed by atoms with E-state index >= 15 is 0 Å². The summed E-state index contributed by atoms with van der Waals surface area (Å²) in [6.07, 6.45) is 0. The Balaban J connectivity index is 4.82. The molecular formula is C3H7NS2. The second-order valence-electron chi connectivity index (χ2n) is 0.618. The molecular weight excluding hydrogens is 114 g/mol. The first kappa shape index (κ1) is 1.36. The van der Waals surface area contributed by atoms with Gasteiger partial charge in [-0.2, -0.15) is 0 Å². The fraction of sp³-hybridized carbons (Fsp3) is 0.667. The molecule has 36 valence electrons. The monoisotopic (exact) mass is 127 g/mol. The van der Waals surface area contributed by atoms with Crippen LogP contribution in [0.1, 0.15) is 8.22 Å². The fourth-order valence-electron chi connectivity index (χ4n) is 0. The second-order valence-corrected chi connectivity index (χ2v) is 1.73. The molecule has 0 fully saturated rings. The van der Waals surface area contributed by atoms with Crippen molar-refractivity contribution in [3.05, 3.63) is 0 Å². The average Bonchev–Trinajstić information content (AvgIpc) is 1.49. The van der Waals surface area contributed by atoms with Crippen molar-refractivity contribution in [3.8, 4) is 0 Å². The summed E-state index contributed by atoms with van der Waals surface area (Å²) in [6, 6.07) is 0. The lowest BCUT2D eigenvalue weighted by Gasteiger charge is -2.05. The highest BCUT2D eigenvalue weighted by molar-refractivity contribution is 8.10. The molecule has 0 aliphatic rings. The summed E-state index contributed by atoms with van der Waals surface area (Å²) in [5.74, 6) is 0. The zero-order chi connectivity index (χ0) is 10.2. The Labute approximate surface area is 57.2 Å². The van der Waals surface area contributed by atoms with Gasteiger partial charge in [-0.05, 0) is 0 Å². The molecule has 0 bridgehead atoms. The van der Waals surface area contributed by atoms with Gasteiger partial charge in [0.15, 0.2) is 0 Å². The number of thiol groups is 1. The van der Waals surface area contributed by atoms with Crippen LogP contribution in [0, 0.1) is 0 Å². The number of thiocarbonyl (C=S) groups is 1. The van der Waals surface area contributed by atoms with Crippen LogP contribution < -0.4 is 0 Å². The molecule has 0 aromatic rings. The summed E-state index contributed by atoms with van der Waals surface area (Å²) in [5, 5.41) is 0. The van der Waals surface area contributed by atoms with E-state index in [2.05, 4.69) is 24.8 Å². The van der Waals surface area contributed by atoms with Crippen LogP contribution >= 0.6 is 24.8 Å². The van der Waals surface area contributed by atoms with Crippen LogP contribution in [0.3, 0.4) is 0 Å². The lowest BCUT2D eigenvalue weighted by molar-refractivity contribution is 0.648. The first-order valence-corrected chi connectivity index (χ1v) is 1.95. The Morgan fingerprint density at radius 3 is 2.50 bits per heavy atom. The summed E-state index contributed by atoms with van der Waals surface area (Å²) in [7, 11) is 0. The summed E-state index contributed by atoms with van der Waals surface area (Å²) in [6.45, 7) is -5.55. The maximum atomic E-state index is 6.84. The van der Waals surface area contributed by atoms with E-state index in [9.17, 15) is 0 Å². The van der Waals surface area contributed by atoms with E-state index in [-0.39, 0.29) is 4.90 Å². The maximum Gasteiger partial charge on any atom is 0.132 e. The van der Waals surface area contributed by atoms with Crippen molar-refractivity contribution in [3.63, 3.8) is 0 Å². The van der Waals surface area contributed by atoms with Crippen LogP contribution in [0.15, 0.2) is 0 Å². The van der Waals surface area contributed by atoms with Crippen molar-refractivity contribution in [2.75, 3.05) is 14.0 Å². The number of nitrogens with zero attached hydrogens (tertiary/aromatic N) is 1. The zero-order valence-electron chi connectivity index (χ0n) is 8.80. The summed E-state index contributed by atoms with van der Waals surface area (Å²) >= 11 is 7.90. The Morgan fingerprint density at radius 2 is 2.50 bits per heavy atom. The third-order valence-electron chi connectivity index (χ3n) is 0.191. The molecule has 1 nitrogen and oxygen atoms in total. The quantitative estimate of drug-likeness (QED) is 0.378. The molecule has 0 aliphatic heterocycles. The van der Waals surface area contributed by atoms with E-state index in [0.29, 0.717) is 0 Å². The number of hydrogen-bond acceptors (Lipinski definition) is 1. The van der Waals surface area contributed by atoms with Gasteiger partial charge in [0.1, 0.15) is 4.32 Å². The van der Waals surface area contributed by atoms with Gasteiger partial charge in [-0.3, -0.25) is 0 Å². The molecule has 0 spiro atoms. The Morgan fingerprint density at radius 1 is 2.00 bits per heavy atom. The standard InChI is InChI=1S/C3H7NS2/c1-4(2)3(5)6/h1-2H3,(H,5,6)/i1D3,2D3. The van der Waals surface area contributed by atoms with E-state index in [0.717, 1.165) is 0 Å². The predicted octanol–water partition coefficient (Wildman–Crippen LogP) is 0.763. The zero-order valence-corrected chi connectivity index (χ0v) is 4.51. The van der Waals surface area contributed by atoms with Crippen molar-refractivity contribution in [1.82, 2.24) is 4.90 Å². The normalized spacial score (nSPS) is 26.8. The summed E-state index contributed by atoms with van der Waals surface area (Å²) in [4.78, 5) is 0.137. The van der Waals surface area contributed by atoms with Crippen LogP contribution in [0.5, 0.6) is 0 Å². The van der Waals surface area contributed by atoms with Gasteiger partial charge in [0.2, 0.25) is 0 Å². The van der Waals surface area contributed by atoms with E-state index in [1.54, 1.807) is 0 Å². The van der Waals surface area contributed by atoms with Crippen molar-refractivity contribution in [2.45, 2.75) is 0 Å². The first-order valence-electron chi connectivity index (χ1n) is 4.10. The van der Waals surface area contributed by atoms with Crippen LogP contribution in [0.4, 0.5) is 0 Å². The molecule has 0 N–H and O–H groups in total. The molecule has 0 radical (unpaired) electrons. The topological polar surface area (TPSA) is 3.24 Å². The van der Waals surface area contributed by atoms with Gasteiger partial charge in [-0.1, -0.05) is 12.2 Å². The van der Waals surface area contributed by atoms with Gasteiger partial charge in [0.05, 0.1) is 0 Å². The van der Waals surface area contributed by atoms with E-state index in [1.165, 1.54) is 0 Å². The van der Waals surface area contributed by atoms with Gasteiger partial charge in [0, 0.05) is 22.2 Å². The molecule has 0 unspecified atom stereocenters. The van der Waals surface area contributed by atoms with Gasteiger partial charge in [-0.25, -0.2) is 0 Å². The van der Waals surface area contributed by atoms with Crippen LogP contribution in [-0.2, 0) is 0 Å². The molecule has 0 rings (SSSR count). The molecule has 0 aromatic carbocycles. The SMILES string of the molecule is [2H]C([2H])([2H])N(C(=S)S)C([2H])([2H])[2H]. The summed E-state index contributed by atoms with van der Waals surface area (Å²) in [5.41, 5.74) is 0. The van der Waals surface area contributed by atoms with E-state index < -0.39 is 18.3 Å². The van der Waals surface area contributed by atoms with Crippen LogP contribution in [-0.4, -0.2) is 23.2 Å². The maximum absolute atomic E-state index is 6.84.